The molecule has 4 nitrogen and oxygen atoms in total. The van der Waals surface area contributed by atoms with Crippen molar-refractivity contribution in [3.8, 4) is 0 Å². The Morgan fingerprint density at radius 2 is 1.94 bits per heavy atom. The summed E-state index contributed by atoms with van der Waals surface area (Å²) >= 11 is 4.32. The average molecular weight is 273 g/mol. The predicted molar refractivity (Wildman–Crippen MR) is 72.8 cm³/mol. The van der Waals surface area contributed by atoms with Crippen molar-refractivity contribution in [1.82, 2.24) is 4.90 Å². The Bertz CT molecular complexity index is 311. The van der Waals surface area contributed by atoms with E-state index < -0.39 is 5.60 Å². The summed E-state index contributed by atoms with van der Waals surface area (Å²) in [5.74, 6) is 0.909. The number of ether oxygens (including phenoxy) is 1. The molecule has 0 aromatic rings. The Labute approximate surface area is 114 Å². The molecule has 2 rings (SSSR count). The van der Waals surface area contributed by atoms with Gasteiger partial charge < -0.3 is 14.7 Å². The molecule has 0 unspecified atom stereocenters. The molecule has 1 saturated heterocycles. The Kier molecular flexibility index (Phi) is 4.24. The van der Waals surface area contributed by atoms with Crippen LogP contribution in [0.2, 0.25) is 0 Å². The second kappa shape index (κ2) is 5.39. The highest BCUT2D eigenvalue weighted by Crippen LogP contribution is 2.49. The van der Waals surface area contributed by atoms with Crippen LogP contribution in [0.3, 0.4) is 0 Å². The molecule has 1 aliphatic heterocycles. The summed E-state index contributed by atoms with van der Waals surface area (Å²) < 4.78 is 5.24. The molecule has 1 amide bonds. The van der Waals surface area contributed by atoms with E-state index in [4.69, 9.17) is 4.74 Å². The van der Waals surface area contributed by atoms with Crippen molar-refractivity contribution in [2.75, 3.05) is 32.6 Å². The van der Waals surface area contributed by atoms with Crippen molar-refractivity contribution in [3.63, 3.8) is 0 Å². The highest BCUT2D eigenvalue weighted by Gasteiger charge is 2.44. The third-order valence-corrected chi connectivity index (χ3v) is 4.87. The Hall–Kier alpha value is -0.260. The molecule has 0 atom stereocenters. The number of aliphatic hydroxyl groups is 1. The molecular weight excluding hydrogens is 250 g/mol. The molecule has 1 heterocycles. The van der Waals surface area contributed by atoms with Gasteiger partial charge in [0.2, 0.25) is 5.91 Å². The lowest BCUT2D eigenvalue weighted by molar-refractivity contribution is -0.137. The lowest BCUT2D eigenvalue weighted by Gasteiger charge is -2.35. The Morgan fingerprint density at radius 3 is 2.44 bits per heavy atom. The molecule has 18 heavy (non-hydrogen) atoms. The number of likely N-dealkylation sites (N-methyl/N-ethyl adjacent to an activating group) is 1. The second-order valence-electron chi connectivity index (χ2n) is 5.92. The highest BCUT2D eigenvalue weighted by atomic mass is 32.1. The molecule has 104 valence electrons. The van der Waals surface area contributed by atoms with E-state index in [1.165, 1.54) is 0 Å². The van der Waals surface area contributed by atoms with Crippen LogP contribution in [-0.2, 0) is 9.53 Å². The predicted octanol–water partition coefficient (Wildman–Crippen LogP) is 1.09. The van der Waals surface area contributed by atoms with E-state index in [9.17, 15) is 9.90 Å². The van der Waals surface area contributed by atoms with E-state index in [1.807, 2.05) is 0 Å². The maximum absolute atomic E-state index is 12.1. The molecule has 2 fully saturated rings. The Morgan fingerprint density at radius 1 is 1.33 bits per heavy atom. The molecule has 5 heteroatoms. The quantitative estimate of drug-likeness (QED) is 0.737. The number of carbonyl (C=O) groups is 1. The fourth-order valence-corrected chi connectivity index (χ4v) is 2.89. The minimum atomic E-state index is -0.764. The number of hydrogen-bond donors (Lipinski definition) is 2. The van der Waals surface area contributed by atoms with Gasteiger partial charge in [-0.2, -0.15) is 12.6 Å². The zero-order valence-corrected chi connectivity index (χ0v) is 11.9. The van der Waals surface area contributed by atoms with Gasteiger partial charge in [0.05, 0.1) is 5.60 Å². The monoisotopic (exact) mass is 273 g/mol. The lowest BCUT2D eigenvalue weighted by Crippen LogP contribution is -2.47. The van der Waals surface area contributed by atoms with Crippen LogP contribution in [0.25, 0.3) is 0 Å². The fourth-order valence-electron chi connectivity index (χ4n) is 2.46. The zero-order valence-electron chi connectivity index (χ0n) is 11.0. The van der Waals surface area contributed by atoms with Gasteiger partial charge in [0, 0.05) is 46.1 Å². The fraction of sp³-hybridized carbons (Fsp3) is 0.923. The van der Waals surface area contributed by atoms with Crippen molar-refractivity contribution in [3.05, 3.63) is 0 Å². The summed E-state index contributed by atoms with van der Waals surface area (Å²) in [6.07, 6.45) is 4.01. The molecule has 0 spiro atoms. The first-order valence-electron chi connectivity index (χ1n) is 6.64. The van der Waals surface area contributed by atoms with Crippen molar-refractivity contribution >= 4 is 18.5 Å². The SMILES string of the molecule is CN(CC1(O)CCOCC1)C(=O)CC1(CS)CC1. The van der Waals surface area contributed by atoms with Crippen LogP contribution < -0.4 is 0 Å². The van der Waals surface area contributed by atoms with Gasteiger partial charge in [0.1, 0.15) is 0 Å². The number of rotatable bonds is 5. The standard InChI is InChI=1S/C13H23NO3S/c1-14(9-13(16)4-6-17-7-5-13)11(15)8-12(10-18)2-3-12/h16,18H,2-10H2,1H3. The van der Waals surface area contributed by atoms with Crippen LogP contribution in [0, 0.1) is 5.41 Å². The van der Waals surface area contributed by atoms with Gasteiger partial charge in [-0.05, 0) is 24.0 Å². The van der Waals surface area contributed by atoms with Crippen LogP contribution in [0.15, 0.2) is 0 Å². The van der Waals surface area contributed by atoms with E-state index in [2.05, 4.69) is 12.6 Å². The van der Waals surface area contributed by atoms with Crippen molar-refractivity contribution in [2.45, 2.75) is 37.7 Å². The number of thiol groups is 1. The van der Waals surface area contributed by atoms with Gasteiger partial charge in [-0.3, -0.25) is 4.79 Å². The third-order valence-electron chi connectivity index (χ3n) is 4.20. The smallest absolute Gasteiger partial charge is 0.222 e. The molecule has 1 saturated carbocycles. The summed E-state index contributed by atoms with van der Waals surface area (Å²) in [6.45, 7) is 1.58. The van der Waals surface area contributed by atoms with E-state index in [0.29, 0.717) is 39.0 Å². The summed E-state index contributed by atoms with van der Waals surface area (Å²) in [5, 5.41) is 10.4. The van der Waals surface area contributed by atoms with E-state index in [1.54, 1.807) is 11.9 Å². The molecule has 1 aliphatic carbocycles. The molecule has 0 bridgehead atoms. The molecule has 0 aromatic heterocycles. The normalized spacial score (nSPS) is 24.6. The van der Waals surface area contributed by atoms with Crippen LogP contribution in [0.5, 0.6) is 0 Å². The van der Waals surface area contributed by atoms with E-state index in [0.717, 1.165) is 18.6 Å². The van der Waals surface area contributed by atoms with E-state index >= 15 is 0 Å². The average Bonchev–Trinajstić information content (AvgIpc) is 3.10. The maximum atomic E-state index is 12.1. The largest absolute Gasteiger partial charge is 0.388 e. The molecule has 0 radical (unpaired) electrons. The number of carbonyl (C=O) groups excluding carboxylic acids is 1. The summed E-state index contributed by atoms with van der Waals surface area (Å²) in [6, 6.07) is 0. The first kappa shape index (κ1) is 14.2. The van der Waals surface area contributed by atoms with Gasteiger partial charge in [-0.1, -0.05) is 0 Å². The van der Waals surface area contributed by atoms with Gasteiger partial charge in [0.15, 0.2) is 0 Å². The minimum Gasteiger partial charge on any atom is -0.388 e. The number of nitrogens with zero attached hydrogens (tertiary/aromatic N) is 1. The summed E-state index contributed by atoms with van der Waals surface area (Å²) in [4.78, 5) is 13.8. The second-order valence-corrected chi connectivity index (χ2v) is 6.24. The molecular formula is C13H23NO3S. The summed E-state index contributed by atoms with van der Waals surface area (Å²) in [5.41, 5.74) is -0.618. The maximum Gasteiger partial charge on any atom is 0.222 e. The van der Waals surface area contributed by atoms with Crippen molar-refractivity contribution in [2.24, 2.45) is 5.41 Å². The van der Waals surface area contributed by atoms with Crippen LogP contribution in [-0.4, -0.2) is 54.1 Å². The van der Waals surface area contributed by atoms with Gasteiger partial charge in [-0.25, -0.2) is 0 Å². The molecule has 1 N–H and O–H groups in total. The Balaban J connectivity index is 1.83. The van der Waals surface area contributed by atoms with Crippen molar-refractivity contribution in [1.29, 1.82) is 0 Å². The third kappa shape index (κ3) is 3.39. The molecule has 2 aliphatic rings. The van der Waals surface area contributed by atoms with Gasteiger partial charge in [0.25, 0.3) is 0 Å². The first-order valence-corrected chi connectivity index (χ1v) is 7.27. The minimum absolute atomic E-state index is 0.126. The topological polar surface area (TPSA) is 49.8 Å². The van der Waals surface area contributed by atoms with Gasteiger partial charge in [-0.15, -0.1) is 0 Å². The van der Waals surface area contributed by atoms with E-state index in [-0.39, 0.29) is 11.3 Å². The first-order chi connectivity index (χ1) is 8.49. The number of hydrogen-bond acceptors (Lipinski definition) is 4. The zero-order chi connectivity index (χ0) is 13.2. The lowest BCUT2D eigenvalue weighted by atomic mass is 9.93. The van der Waals surface area contributed by atoms with Crippen LogP contribution >= 0.6 is 12.6 Å². The van der Waals surface area contributed by atoms with Gasteiger partial charge >= 0.3 is 0 Å². The van der Waals surface area contributed by atoms with Crippen LogP contribution in [0.4, 0.5) is 0 Å². The molecule has 0 aromatic carbocycles. The summed E-state index contributed by atoms with van der Waals surface area (Å²) in [7, 11) is 1.78. The van der Waals surface area contributed by atoms with Crippen LogP contribution in [0.1, 0.15) is 32.1 Å². The number of amides is 1. The van der Waals surface area contributed by atoms with Crippen molar-refractivity contribution < 1.29 is 14.6 Å². The highest BCUT2D eigenvalue weighted by molar-refractivity contribution is 7.80.